The first kappa shape index (κ1) is 19.1. The summed E-state index contributed by atoms with van der Waals surface area (Å²) in [7, 11) is 0. The Bertz CT molecular complexity index is 782. The predicted octanol–water partition coefficient (Wildman–Crippen LogP) is 4.46. The molecule has 0 heterocycles. The molecule has 4 heteroatoms. The van der Waals surface area contributed by atoms with Gasteiger partial charge in [-0.25, -0.2) is 4.79 Å². The molecule has 2 aromatic rings. The largest absolute Gasteiger partial charge is 0.492 e. The molecule has 0 radical (unpaired) electrons. The Morgan fingerprint density at radius 2 is 1.54 bits per heavy atom. The average Bonchev–Trinajstić information content (AvgIpc) is 2.67. The van der Waals surface area contributed by atoms with Crippen molar-refractivity contribution in [3.05, 3.63) is 60.7 Å². The Labute approximate surface area is 154 Å². The third-order valence-electron chi connectivity index (χ3n) is 3.59. The summed E-state index contributed by atoms with van der Waals surface area (Å²) in [5, 5.41) is 0. The highest BCUT2D eigenvalue weighted by molar-refractivity contribution is 5.86. The lowest BCUT2D eigenvalue weighted by Crippen LogP contribution is -2.10. The van der Waals surface area contributed by atoms with Crippen LogP contribution in [0.3, 0.4) is 0 Å². The SMILES string of the molecule is C#CC(C)COc1ccc(-c2ccc(OCOC(=O)C(=C)C)cc2)cc1. The van der Waals surface area contributed by atoms with Gasteiger partial charge in [-0.2, -0.15) is 0 Å². The van der Waals surface area contributed by atoms with Gasteiger partial charge < -0.3 is 14.2 Å². The number of carbonyl (C=O) groups excluding carboxylic acids is 1. The fourth-order valence-electron chi connectivity index (χ4n) is 2.03. The summed E-state index contributed by atoms with van der Waals surface area (Å²) in [6.45, 7) is 7.39. The van der Waals surface area contributed by atoms with Gasteiger partial charge in [-0.1, -0.05) is 30.8 Å². The van der Waals surface area contributed by atoms with E-state index in [0.717, 1.165) is 16.9 Å². The summed E-state index contributed by atoms with van der Waals surface area (Å²) in [5.74, 6) is 3.65. The number of esters is 1. The predicted molar refractivity (Wildman–Crippen MR) is 102 cm³/mol. The summed E-state index contributed by atoms with van der Waals surface area (Å²) in [6, 6.07) is 15.3. The Kier molecular flexibility index (Phi) is 6.87. The molecule has 1 atom stereocenters. The Morgan fingerprint density at radius 3 is 2.00 bits per heavy atom. The van der Waals surface area contributed by atoms with Crippen LogP contribution in [-0.2, 0) is 9.53 Å². The summed E-state index contributed by atoms with van der Waals surface area (Å²) in [6.07, 6.45) is 5.34. The smallest absolute Gasteiger partial charge is 0.335 e. The first-order chi connectivity index (χ1) is 12.5. The van der Waals surface area contributed by atoms with Gasteiger partial charge in [-0.3, -0.25) is 0 Å². The second-order valence-electron chi connectivity index (χ2n) is 5.90. The summed E-state index contributed by atoms with van der Waals surface area (Å²) in [5.41, 5.74) is 2.44. The summed E-state index contributed by atoms with van der Waals surface area (Å²) >= 11 is 0. The molecule has 134 valence electrons. The van der Waals surface area contributed by atoms with Crippen LogP contribution in [0.15, 0.2) is 60.7 Å². The standard InChI is InChI=1S/C22H22O4/c1-5-17(4)14-24-20-10-6-18(7-11-20)19-8-12-21(13-9-19)25-15-26-22(23)16(2)3/h1,6-13,17H,2,14-15H2,3-4H3. The fraction of sp³-hybridized carbons (Fsp3) is 0.227. The van der Waals surface area contributed by atoms with E-state index in [2.05, 4.69) is 12.5 Å². The second kappa shape index (κ2) is 9.33. The van der Waals surface area contributed by atoms with E-state index in [9.17, 15) is 4.79 Å². The van der Waals surface area contributed by atoms with Crippen molar-refractivity contribution >= 4 is 5.97 Å². The molecule has 26 heavy (non-hydrogen) atoms. The zero-order valence-corrected chi connectivity index (χ0v) is 15.0. The van der Waals surface area contributed by atoms with Crippen LogP contribution in [0.25, 0.3) is 11.1 Å². The van der Waals surface area contributed by atoms with Gasteiger partial charge in [0.2, 0.25) is 6.79 Å². The normalized spacial score (nSPS) is 11.1. The molecule has 0 saturated carbocycles. The van der Waals surface area contributed by atoms with Crippen LogP contribution >= 0.6 is 0 Å². The molecule has 0 aromatic heterocycles. The molecule has 0 aliphatic carbocycles. The van der Waals surface area contributed by atoms with E-state index in [1.54, 1.807) is 6.92 Å². The van der Waals surface area contributed by atoms with E-state index in [1.165, 1.54) is 0 Å². The Morgan fingerprint density at radius 1 is 1.04 bits per heavy atom. The summed E-state index contributed by atoms with van der Waals surface area (Å²) in [4.78, 5) is 11.3. The van der Waals surface area contributed by atoms with Gasteiger partial charge in [0.15, 0.2) is 0 Å². The van der Waals surface area contributed by atoms with Gasteiger partial charge in [-0.15, -0.1) is 12.3 Å². The van der Waals surface area contributed by atoms with Crippen molar-refractivity contribution in [3.8, 4) is 35.0 Å². The average molecular weight is 350 g/mol. The van der Waals surface area contributed by atoms with E-state index >= 15 is 0 Å². The Balaban J connectivity index is 1.90. The summed E-state index contributed by atoms with van der Waals surface area (Å²) < 4.78 is 15.9. The number of carbonyl (C=O) groups is 1. The van der Waals surface area contributed by atoms with Gasteiger partial charge in [-0.05, 0) is 49.2 Å². The fourth-order valence-corrected chi connectivity index (χ4v) is 2.03. The van der Waals surface area contributed by atoms with Crippen molar-refractivity contribution in [1.29, 1.82) is 0 Å². The van der Waals surface area contributed by atoms with E-state index in [4.69, 9.17) is 20.6 Å². The van der Waals surface area contributed by atoms with Gasteiger partial charge in [0.1, 0.15) is 18.1 Å². The molecular formula is C22H22O4. The molecule has 0 amide bonds. The number of terminal acetylenes is 1. The lowest BCUT2D eigenvalue weighted by molar-refractivity contribution is -0.145. The molecule has 0 aliphatic heterocycles. The van der Waals surface area contributed by atoms with E-state index in [-0.39, 0.29) is 12.7 Å². The van der Waals surface area contributed by atoms with Gasteiger partial charge in [0.25, 0.3) is 0 Å². The minimum atomic E-state index is -0.472. The molecule has 0 saturated heterocycles. The highest BCUT2D eigenvalue weighted by atomic mass is 16.7. The quantitative estimate of drug-likeness (QED) is 0.305. The molecule has 2 aromatic carbocycles. The molecule has 0 aliphatic rings. The van der Waals surface area contributed by atoms with Crippen molar-refractivity contribution in [2.45, 2.75) is 13.8 Å². The topological polar surface area (TPSA) is 44.8 Å². The highest BCUT2D eigenvalue weighted by Gasteiger charge is 2.04. The zero-order chi connectivity index (χ0) is 18.9. The lowest BCUT2D eigenvalue weighted by atomic mass is 10.1. The first-order valence-corrected chi connectivity index (χ1v) is 8.24. The maximum absolute atomic E-state index is 11.3. The molecule has 0 bridgehead atoms. The minimum Gasteiger partial charge on any atom is -0.492 e. The van der Waals surface area contributed by atoms with Crippen molar-refractivity contribution in [2.75, 3.05) is 13.4 Å². The molecule has 0 spiro atoms. The molecule has 4 nitrogen and oxygen atoms in total. The molecule has 0 fully saturated rings. The first-order valence-electron chi connectivity index (χ1n) is 8.24. The molecule has 2 rings (SSSR count). The van der Waals surface area contributed by atoms with Crippen molar-refractivity contribution in [2.24, 2.45) is 5.92 Å². The maximum atomic E-state index is 11.3. The van der Waals surface area contributed by atoms with Crippen molar-refractivity contribution < 1.29 is 19.0 Å². The monoisotopic (exact) mass is 350 g/mol. The number of ether oxygens (including phenoxy) is 3. The lowest BCUT2D eigenvalue weighted by Gasteiger charge is -2.10. The van der Waals surface area contributed by atoms with Crippen molar-refractivity contribution in [3.63, 3.8) is 0 Å². The van der Waals surface area contributed by atoms with Crippen LogP contribution in [0.5, 0.6) is 11.5 Å². The van der Waals surface area contributed by atoms with Crippen LogP contribution in [0.1, 0.15) is 13.8 Å². The van der Waals surface area contributed by atoms with Gasteiger partial charge >= 0.3 is 5.97 Å². The van der Waals surface area contributed by atoms with Crippen molar-refractivity contribution in [1.82, 2.24) is 0 Å². The van der Waals surface area contributed by atoms with Crippen LogP contribution in [-0.4, -0.2) is 19.4 Å². The third-order valence-corrected chi connectivity index (χ3v) is 3.59. The van der Waals surface area contributed by atoms with E-state index in [1.807, 2.05) is 55.5 Å². The van der Waals surface area contributed by atoms with Crippen LogP contribution in [0, 0.1) is 18.3 Å². The van der Waals surface area contributed by atoms with Crippen LogP contribution in [0.4, 0.5) is 0 Å². The van der Waals surface area contributed by atoms with E-state index in [0.29, 0.717) is 17.9 Å². The van der Waals surface area contributed by atoms with Gasteiger partial charge in [0, 0.05) is 5.57 Å². The molecule has 0 N–H and O–H groups in total. The molecule has 1 unspecified atom stereocenters. The number of hydrogen-bond acceptors (Lipinski definition) is 4. The van der Waals surface area contributed by atoms with E-state index < -0.39 is 5.97 Å². The number of benzene rings is 2. The van der Waals surface area contributed by atoms with Crippen LogP contribution in [0.2, 0.25) is 0 Å². The third kappa shape index (κ3) is 5.71. The number of hydrogen-bond donors (Lipinski definition) is 0. The maximum Gasteiger partial charge on any atom is 0.335 e. The minimum absolute atomic E-state index is 0.0805. The Hall–Kier alpha value is -3.19. The highest BCUT2D eigenvalue weighted by Crippen LogP contribution is 2.25. The van der Waals surface area contributed by atoms with Crippen LogP contribution < -0.4 is 9.47 Å². The van der Waals surface area contributed by atoms with Gasteiger partial charge in [0.05, 0.1) is 5.92 Å². The molecular weight excluding hydrogens is 328 g/mol. The second-order valence-corrected chi connectivity index (χ2v) is 5.90. The number of rotatable bonds is 8. The zero-order valence-electron chi connectivity index (χ0n) is 15.0.